The molecule has 0 saturated carbocycles. The first kappa shape index (κ1) is 23.1. The third-order valence-electron chi connectivity index (χ3n) is 4.28. The van der Waals surface area contributed by atoms with Gasteiger partial charge in [0.25, 0.3) is 0 Å². The fourth-order valence-corrected chi connectivity index (χ4v) is 2.69. The molecule has 0 heterocycles. The van der Waals surface area contributed by atoms with Crippen molar-refractivity contribution in [2.75, 3.05) is 0 Å². The van der Waals surface area contributed by atoms with Crippen LogP contribution in [0.2, 0.25) is 0 Å². The Morgan fingerprint density at radius 3 is 1.83 bits per heavy atom. The van der Waals surface area contributed by atoms with Crippen molar-refractivity contribution in [1.29, 1.82) is 0 Å². The highest BCUT2D eigenvalue weighted by Crippen LogP contribution is 2.11. The zero-order valence-electron chi connectivity index (χ0n) is 15.9. The summed E-state index contributed by atoms with van der Waals surface area (Å²) in [4.78, 5) is 23.2. The fourth-order valence-electron chi connectivity index (χ4n) is 2.69. The van der Waals surface area contributed by atoms with Gasteiger partial charge in [0, 0.05) is 12.8 Å². The standard InChI is InChI=1S/C20H38O4/c1-3-5-7-9-10-11-13-15-19(22)24-20(23)17-16-18(21)14-12-8-6-4-2/h18,21H,3-17H2,1-2H3. The van der Waals surface area contributed by atoms with E-state index in [-0.39, 0.29) is 6.42 Å². The molecule has 1 unspecified atom stereocenters. The van der Waals surface area contributed by atoms with Crippen LogP contribution in [0, 0.1) is 0 Å². The summed E-state index contributed by atoms with van der Waals surface area (Å²) in [5.41, 5.74) is 0. The van der Waals surface area contributed by atoms with Gasteiger partial charge >= 0.3 is 11.9 Å². The molecule has 1 N–H and O–H groups in total. The summed E-state index contributed by atoms with van der Waals surface area (Å²) in [6.07, 6.45) is 13.5. The van der Waals surface area contributed by atoms with Gasteiger partial charge < -0.3 is 9.84 Å². The third-order valence-corrected chi connectivity index (χ3v) is 4.28. The lowest BCUT2D eigenvalue weighted by Gasteiger charge is -2.09. The molecule has 0 radical (unpaired) electrons. The number of aliphatic hydroxyl groups is 1. The Bertz CT molecular complexity index is 315. The summed E-state index contributed by atoms with van der Waals surface area (Å²) >= 11 is 0. The normalized spacial score (nSPS) is 12.1. The lowest BCUT2D eigenvalue weighted by Crippen LogP contribution is -2.15. The van der Waals surface area contributed by atoms with Gasteiger partial charge in [0.15, 0.2) is 0 Å². The smallest absolute Gasteiger partial charge is 0.313 e. The molecule has 0 aromatic rings. The van der Waals surface area contributed by atoms with E-state index in [1.165, 1.54) is 38.5 Å². The Balaban J connectivity index is 3.52. The topological polar surface area (TPSA) is 63.6 Å². The maximum Gasteiger partial charge on any atom is 0.313 e. The predicted molar refractivity (Wildman–Crippen MR) is 97.7 cm³/mol. The van der Waals surface area contributed by atoms with Crippen LogP contribution in [-0.2, 0) is 14.3 Å². The van der Waals surface area contributed by atoms with Crippen molar-refractivity contribution < 1.29 is 19.4 Å². The van der Waals surface area contributed by atoms with Crippen LogP contribution >= 0.6 is 0 Å². The minimum atomic E-state index is -0.504. The van der Waals surface area contributed by atoms with Crippen molar-refractivity contribution in [2.45, 2.75) is 116 Å². The zero-order valence-corrected chi connectivity index (χ0v) is 15.9. The minimum absolute atomic E-state index is 0.123. The van der Waals surface area contributed by atoms with Crippen LogP contribution < -0.4 is 0 Å². The molecule has 1 atom stereocenters. The van der Waals surface area contributed by atoms with Crippen LogP contribution in [-0.4, -0.2) is 23.1 Å². The van der Waals surface area contributed by atoms with Crippen LogP contribution in [0.15, 0.2) is 0 Å². The van der Waals surface area contributed by atoms with Gasteiger partial charge in [-0.25, -0.2) is 0 Å². The number of ether oxygens (including phenoxy) is 1. The summed E-state index contributed by atoms with van der Waals surface area (Å²) in [7, 11) is 0. The van der Waals surface area contributed by atoms with Gasteiger partial charge in [0.2, 0.25) is 0 Å². The molecule has 0 amide bonds. The number of hydrogen-bond acceptors (Lipinski definition) is 4. The Morgan fingerprint density at radius 2 is 1.21 bits per heavy atom. The summed E-state index contributed by atoms with van der Waals surface area (Å²) in [6, 6.07) is 0. The minimum Gasteiger partial charge on any atom is -0.393 e. The first-order valence-electron chi connectivity index (χ1n) is 10.0. The quantitative estimate of drug-likeness (QED) is 0.234. The fraction of sp³-hybridized carbons (Fsp3) is 0.900. The molecule has 4 heteroatoms. The van der Waals surface area contributed by atoms with Gasteiger partial charge in [-0.15, -0.1) is 0 Å². The number of unbranched alkanes of at least 4 members (excludes halogenated alkanes) is 9. The molecule has 0 bridgehead atoms. The number of rotatable bonds is 16. The van der Waals surface area contributed by atoms with E-state index in [0.29, 0.717) is 12.8 Å². The summed E-state index contributed by atoms with van der Waals surface area (Å²) < 4.78 is 4.80. The van der Waals surface area contributed by atoms with Crippen molar-refractivity contribution in [2.24, 2.45) is 0 Å². The molecular weight excluding hydrogens is 304 g/mol. The number of carbonyl (C=O) groups excluding carboxylic acids is 2. The van der Waals surface area contributed by atoms with Crippen molar-refractivity contribution in [1.82, 2.24) is 0 Å². The highest BCUT2D eigenvalue weighted by molar-refractivity contribution is 5.85. The van der Waals surface area contributed by atoms with E-state index < -0.39 is 18.0 Å². The van der Waals surface area contributed by atoms with Crippen molar-refractivity contribution in [3.63, 3.8) is 0 Å². The lowest BCUT2D eigenvalue weighted by atomic mass is 10.1. The Morgan fingerprint density at radius 1 is 0.708 bits per heavy atom. The van der Waals surface area contributed by atoms with Gasteiger partial charge in [0.05, 0.1) is 6.10 Å². The van der Waals surface area contributed by atoms with Crippen LogP contribution in [0.4, 0.5) is 0 Å². The molecule has 142 valence electrons. The molecule has 0 aromatic heterocycles. The molecule has 4 nitrogen and oxygen atoms in total. The first-order chi connectivity index (χ1) is 11.6. The Hall–Kier alpha value is -0.900. The highest BCUT2D eigenvalue weighted by atomic mass is 16.6. The second-order valence-corrected chi connectivity index (χ2v) is 6.76. The second kappa shape index (κ2) is 16.9. The van der Waals surface area contributed by atoms with Crippen molar-refractivity contribution >= 4 is 11.9 Å². The van der Waals surface area contributed by atoms with Crippen LogP contribution in [0.3, 0.4) is 0 Å². The first-order valence-corrected chi connectivity index (χ1v) is 10.0. The third kappa shape index (κ3) is 16.0. The van der Waals surface area contributed by atoms with Gasteiger partial charge in [-0.2, -0.15) is 0 Å². The maximum absolute atomic E-state index is 11.6. The number of aliphatic hydroxyl groups excluding tert-OH is 1. The van der Waals surface area contributed by atoms with Gasteiger partial charge in [0.1, 0.15) is 0 Å². The molecule has 0 aromatic carbocycles. The molecule has 0 aliphatic carbocycles. The molecule has 0 aliphatic rings. The molecule has 0 fully saturated rings. The maximum atomic E-state index is 11.6. The summed E-state index contributed by atoms with van der Waals surface area (Å²) in [5.74, 6) is -0.929. The Labute approximate surface area is 148 Å². The highest BCUT2D eigenvalue weighted by Gasteiger charge is 2.13. The summed E-state index contributed by atoms with van der Waals surface area (Å²) in [5, 5.41) is 9.80. The van der Waals surface area contributed by atoms with Gasteiger partial charge in [-0.05, 0) is 19.3 Å². The van der Waals surface area contributed by atoms with Crippen LogP contribution in [0.1, 0.15) is 110 Å². The predicted octanol–water partition coefficient (Wildman–Crippen LogP) is 5.31. The second-order valence-electron chi connectivity index (χ2n) is 6.76. The van der Waals surface area contributed by atoms with E-state index in [1.54, 1.807) is 0 Å². The van der Waals surface area contributed by atoms with Crippen molar-refractivity contribution in [3.8, 4) is 0 Å². The van der Waals surface area contributed by atoms with Gasteiger partial charge in [-0.1, -0.05) is 78.1 Å². The number of hydrogen-bond donors (Lipinski definition) is 1. The van der Waals surface area contributed by atoms with E-state index >= 15 is 0 Å². The molecule has 0 saturated heterocycles. The lowest BCUT2D eigenvalue weighted by molar-refractivity contribution is -0.160. The van der Waals surface area contributed by atoms with E-state index in [1.807, 2.05) is 0 Å². The average molecular weight is 343 g/mol. The monoisotopic (exact) mass is 342 g/mol. The SMILES string of the molecule is CCCCCCCCCC(=O)OC(=O)CCC(O)CCCCCC. The van der Waals surface area contributed by atoms with E-state index in [9.17, 15) is 14.7 Å². The molecular formula is C20H38O4. The molecule has 0 spiro atoms. The van der Waals surface area contributed by atoms with Gasteiger partial charge in [-0.3, -0.25) is 9.59 Å². The molecule has 0 aliphatic heterocycles. The van der Waals surface area contributed by atoms with Crippen LogP contribution in [0.5, 0.6) is 0 Å². The average Bonchev–Trinajstić information content (AvgIpc) is 2.56. The van der Waals surface area contributed by atoms with E-state index in [4.69, 9.17) is 4.74 Å². The Kier molecular flexibility index (Phi) is 16.3. The number of esters is 2. The van der Waals surface area contributed by atoms with E-state index in [2.05, 4.69) is 13.8 Å². The van der Waals surface area contributed by atoms with Crippen LogP contribution in [0.25, 0.3) is 0 Å². The van der Waals surface area contributed by atoms with Crippen molar-refractivity contribution in [3.05, 3.63) is 0 Å². The molecule has 24 heavy (non-hydrogen) atoms. The summed E-state index contributed by atoms with van der Waals surface area (Å²) in [6.45, 7) is 4.34. The zero-order chi connectivity index (χ0) is 18.0. The largest absolute Gasteiger partial charge is 0.393 e. The number of carbonyl (C=O) groups is 2. The van der Waals surface area contributed by atoms with E-state index in [0.717, 1.165) is 38.5 Å². The molecule has 0 rings (SSSR count).